The van der Waals surface area contributed by atoms with Crippen molar-refractivity contribution < 1.29 is 9.22 Å². The van der Waals surface area contributed by atoms with Crippen LogP contribution in [0, 0.1) is 12.8 Å². The average Bonchev–Trinajstić information content (AvgIpc) is 2.98. The maximum absolute atomic E-state index is 14.3. The maximum atomic E-state index is 14.3. The number of amides is 1. The second-order valence-electron chi connectivity index (χ2n) is 12.2. The molecule has 41 heavy (non-hydrogen) atoms. The van der Waals surface area contributed by atoms with Crippen molar-refractivity contribution in [1.82, 2.24) is 19.9 Å². The number of nitrogens with zero attached hydrogens (tertiary/aromatic N) is 4. The van der Waals surface area contributed by atoms with Gasteiger partial charge in [0.25, 0.3) is 14.2 Å². The first kappa shape index (κ1) is 28.8. The molecular formula is C34H40N4O2Si. The molecule has 4 aromatic rings. The molecule has 0 N–H and O–H groups in total. The highest BCUT2D eigenvalue weighted by molar-refractivity contribution is 6.99. The largest absolute Gasteiger partial charge is 0.405 e. The Balaban J connectivity index is 1.52. The highest BCUT2D eigenvalue weighted by Gasteiger charge is 2.51. The SMILES string of the molecule is Cc1ccc(-c2ncccn2)c(C(=O)N2C[C@@H](C)CCC2CO[Si](c2ccccc2)(c2ccccc2)C(C)(C)C)n1. The standard InChI is InChI=1S/C34H40N4O2Si/c1-25-17-19-27(38(23-25)33(39)31-30(20-18-26(2)37-31)32-35-21-12-22-36-32)24-40-41(34(3,4)5,28-13-8-6-9-14-28)29-15-10-7-11-16-29/h6-16,18,20-22,25,27H,17,19,23-24H2,1-5H3/t25-,27?/m0/s1. The molecule has 2 aromatic carbocycles. The third-order valence-electron chi connectivity index (χ3n) is 8.16. The van der Waals surface area contributed by atoms with E-state index < -0.39 is 8.32 Å². The summed E-state index contributed by atoms with van der Waals surface area (Å²) >= 11 is 0. The zero-order valence-electron chi connectivity index (χ0n) is 24.7. The van der Waals surface area contributed by atoms with Gasteiger partial charge in [0.2, 0.25) is 0 Å². The summed E-state index contributed by atoms with van der Waals surface area (Å²) in [6, 6.07) is 26.9. The van der Waals surface area contributed by atoms with Gasteiger partial charge in [-0.3, -0.25) is 4.79 Å². The van der Waals surface area contributed by atoms with Crippen molar-refractivity contribution in [2.24, 2.45) is 5.92 Å². The first-order valence-corrected chi connectivity index (χ1v) is 16.4. The number of hydrogen-bond acceptors (Lipinski definition) is 5. The Morgan fingerprint density at radius 2 is 1.51 bits per heavy atom. The number of benzene rings is 2. The van der Waals surface area contributed by atoms with Gasteiger partial charge >= 0.3 is 0 Å². The smallest absolute Gasteiger partial charge is 0.273 e. The van der Waals surface area contributed by atoms with E-state index in [1.165, 1.54) is 10.4 Å². The average molecular weight is 565 g/mol. The van der Waals surface area contributed by atoms with Gasteiger partial charge < -0.3 is 9.33 Å². The number of pyridine rings is 1. The van der Waals surface area contributed by atoms with Crippen LogP contribution in [0.3, 0.4) is 0 Å². The van der Waals surface area contributed by atoms with Crippen LogP contribution in [-0.4, -0.2) is 53.3 Å². The van der Waals surface area contributed by atoms with E-state index in [-0.39, 0.29) is 17.0 Å². The summed E-state index contributed by atoms with van der Waals surface area (Å²) in [6.45, 7) is 12.1. The van der Waals surface area contributed by atoms with Crippen LogP contribution in [0.25, 0.3) is 11.4 Å². The molecule has 6 nitrogen and oxygen atoms in total. The Hall–Kier alpha value is -3.68. The van der Waals surface area contributed by atoms with Crippen molar-refractivity contribution in [2.45, 2.75) is 58.5 Å². The molecule has 1 saturated heterocycles. The highest BCUT2D eigenvalue weighted by Crippen LogP contribution is 2.37. The number of carbonyl (C=O) groups is 1. The van der Waals surface area contributed by atoms with Crippen molar-refractivity contribution in [1.29, 1.82) is 0 Å². The summed E-state index contributed by atoms with van der Waals surface area (Å²) in [5.74, 6) is 0.816. The van der Waals surface area contributed by atoms with E-state index in [0.717, 1.165) is 18.5 Å². The minimum absolute atomic E-state index is 0.0628. The fourth-order valence-electron chi connectivity index (χ4n) is 6.09. The minimum Gasteiger partial charge on any atom is -0.405 e. The van der Waals surface area contributed by atoms with Gasteiger partial charge in [0.1, 0.15) is 5.69 Å². The molecule has 1 aliphatic heterocycles. The van der Waals surface area contributed by atoms with E-state index in [1.54, 1.807) is 18.5 Å². The molecule has 1 amide bonds. The lowest BCUT2D eigenvalue weighted by atomic mass is 9.94. The monoisotopic (exact) mass is 564 g/mol. The lowest BCUT2D eigenvalue weighted by molar-refractivity contribution is 0.0433. The van der Waals surface area contributed by atoms with Crippen LogP contribution in [-0.2, 0) is 4.43 Å². The van der Waals surface area contributed by atoms with Gasteiger partial charge in [-0.15, -0.1) is 0 Å². The number of rotatable bonds is 7. The Labute approximate surface area is 245 Å². The predicted octanol–water partition coefficient (Wildman–Crippen LogP) is 5.66. The molecule has 2 aromatic heterocycles. The molecule has 0 saturated carbocycles. The van der Waals surface area contributed by atoms with Crippen molar-refractivity contribution >= 4 is 24.6 Å². The van der Waals surface area contributed by atoms with Gasteiger partial charge in [0.15, 0.2) is 5.82 Å². The van der Waals surface area contributed by atoms with E-state index in [4.69, 9.17) is 9.41 Å². The lowest BCUT2D eigenvalue weighted by Crippen LogP contribution is -2.67. The first-order chi connectivity index (χ1) is 19.7. The summed E-state index contributed by atoms with van der Waals surface area (Å²) < 4.78 is 7.30. The Bertz CT molecular complexity index is 1420. The topological polar surface area (TPSA) is 68.2 Å². The molecular weight excluding hydrogens is 524 g/mol. The van der Waals surface area contributed by atoms with Crippen LogP contribution in [0.5, 0.6) is 0 Å². The molecule has 5 rings (SSSR count). The first-order valence-electron chi connectivity index (χ1n) is 14.5. The van der Waals surface area contributed by atoms with Gasteiger partial charge in [-0.25, -0.2) is 15.0 Å². The number of hydrogen-bond donors (Lipinski definition) is 0. The van der Waals surface area contributed by atoms with Crippen LogP contribution >= 0.6 is 0 Å². The zero-order chi connectivity index (χ0) is 29.0. The normalized spacial score (nSPS) is 17.8. The van der Waals surface area contributed by atoms with Crippen LogP contribution in [0.1, 0.15) is 56.7 Å². The Morgan fingerprint density at radius 1 is 0.902 bits per heavy atom. The van der Waals surface area contributed by atoms with Crippen molar-refractivity contribution in [3.63, 3.8) is 0 Å². The van der Waals surface area contributed by atoms with Crippen LogP contribution in [0.15, 0.2) is 91.3 Å². The molecule has 3 heterocycles. The summed E-state index contributed by atoms with van der Waals surface area (Å²) in [6.07, 6.45) is 5.32. The molecule has 0 bridgehead atoms. The van der Waals surface area contributed by atoms with Gasteiger partial charge in [0, 0.05) is 24.6 Å². The van der Waals surface area contributed by atoms with Crippen molar-refractivity contribution in [3.05, 3.63) is 103 Å². The fourth-order valence-corrected chi connectivity index (χ4v) is 10.7. The number of carbonyl (C=O) groups excluding carboxylic acids is 1. The van der Waals surface area contributed by atoms with Crippen LogP contribution < -0.4 is 10.4 Å². The van der Waals surface area contributed by atoms with Gasteiger partial charge in [-0.05, 0) is 59.3 Å². The molecule has 1 fully saturated rings. The fraction of sp³-hybridized carbons (Fsp3) is 0.353. The Morgan fingerprint density at radius 3 is 2.10 bits per heavy atom. The zero-order valence-corrected chi connectivity index (χ0v) is 25.7. The van der Waals surface area contributed by atoms with Crippen molar-refractivity contribution in [3.8, 4) is 11.4 Å². The minimum atomic E-state index is -2.74. The molecule has 7 heteroatoms. The third kappa shape index (κ3) is 5.88. The van der Waals surface area contributed by atoms with Crippen molar-refractivity contribution in [2.75, 3.05) is 13.2 Å². The number of piperidine rings is 1. The molecule has 0 spiro atoms. The summed E-state index contributed by atoms with van der Waals surface area (Å²) in [7, 11) is -2.74. The van der Waals surface area contributed by atoms with Crippen LogP contribution in [0.2, 0.25) is 5.04 Å². The van der Waals surface area contributed by atoms with Gasteiger partial charge in [-0.2, -0.15) is 0 Å². The number of likely N-dealkylation sites (tertiary alicyclic amines) is 1. The lowest BCUT2D eigenvalue weighted by Gasteiger charge is -2.46. The third-order valence-corrected chi connectivity index (χ3v) is 13.2. The molecule has 0 aliphatic carbocycles. The maximum Gasteiger partial charge on any atom is 0.273 e. The van der Waals surface area contributed by atoms with E-state index >= 15 is 0 Å². The summed E-state index contributed by atoms with van der Waals surface area (Å²) in [4.78, 5) is 29.9. The number of aryl methyl sites for hydroxylation is 1. The molecule has 2 atom stereocenters. The van der Waals surface area contributed by atoms with Gasteiger partial charge in [-0.1, -0.05) is 88.4 Å². The number of aromatic nitrogens is 3. The molecule has 1 unspecified atom stereocenters. The highest BCUT2D eigenvalue weighted by atomic mass is 28.4. The molecule has 1 aliphatic rings. The second-order valence-corrected chi connectivity index (χ2v) is 16.5. The molecule has 212 valence electrons. The van der Waals surface area contributed by atoms with E-state index in [0.29, 0.717) is 36.2 Å². The molecule has 0 radical (unpaired) electrons. The van der Waals surface area contributed by atoms with Crippen LogP contribution in [0.4, 0.5) is 0 Å². The van der Waals surface area contributed by atoms with E-state index in [1.807, 2.05) is 24.0 Å². The Kier molecular flexibility index (Phi) is 8.47. The van der Waals surface area contributed by atoms with E-state index in [2.05, 4.69) is 98.3 Å². The summed E-state index contributed by atoms with van der Waals surface area (Å²) in [5.41, 5.74) is 1.85. The summed E-state index contributed by atoms with van der Waals surface area (Å²) in [5, 5.41) is 2.34. The quantitative estimate of drug-likeness (QED) is 0.271. The van der Waals surface area contributed by atoms with Gasteiger partial charge in [0.05, 0.1) is 18.2 Å². The predicted molar refractivity (Wildman–Crippen MR) is 167 cm³/mol. The van der Waals surface area contributed by atoms with E-state index in [9.17, 15) is 4.79 Å². The second kappa shape index (κ2) is 12.0.